The minimum absolute atomic E-state index is 0. The normalized spacial score (nSPS) is 13.3. The Bertz CT molecular complexity index is 3630. The molecule has 4 aromatic heterocycles. The van der Waals surface area contributed by atoms with Crippen molar-refractivity contribution in [1.82, 2.24) is 18.9 Å². The smallest absolute Gasteiger partial charge is 0.0992 e. The van der Waals surface area contributed by atoms with E-state index in [0.717, 1.165) is 60.5 Å². The molecule has 0 saturated heterocycles. The number of nitrogens with zero attached hydrogens (tertiary/aromatic N) is 5. The van der Waals surface area contributed by atoms with Gasteiger partial charge in [0, 0.05) is 51.2 Å². The second-order valence-corrected chi connectivity index (χ2v) is 16.4. The van der Waals surface area contributed by atoms with Crippen molar-refractivity contribution in [1.29, 1.82) is 5.26 Å². The van der Waals surface area contributed by atoms with Gasteiger partial charge in [0.1, 0.15) is 0 Å². The maximum atomic E-state index is 9.77. The minimum atomic E-state index is -2.18. The van der Waals surface area contributed by atoms with E-state index in [0.29, 0.717) is 16.8 Å². The van der Waals surface area contributed by atoms with E-state index in [-0.39, 0.29) is 43.1 Å². The van der Waals surface area contributed by atoms with Gasteiger partial charge in [0.25, 0.3) is 0 Å². The van der Waals surface area contributed by atoms with E-state index in [9.17, 15) is 5.26 Å². The average molecular weight is 998 g/mol. The Hall–Kier alpha value is -6.90. The van der Waals surface area contributed by atoms with Crippen LogP contribution in [0, 0.1) is 37.2 Å². The molecule has 11 aromatic rings. The van der Waals surface area contributed by atoms with Gasteiger partial charge < -0.3 is 14.0 Å². The molecule has 11 rings (SSSR count). The Morgan fingerprint density at radius 1 is 0.651 bits per heavy atom. The first-order valence-corrected chi connectivity index (χ1v) is 20.9. The van der Waals surface area contributed by atoms with Crippen molar-refractivity contribution in [2.75, 3.05) is 0 Å². The van der Waals surface area contributed by atoms with Gasteiger partial charge in [-0.15, -0.1) is 47.5 Å². The summed E-state index contributed by atoms with van der Waals surface area (Å²) in [6, 6.07) is 57.4. The molecule has 63 heavy (non-hydrogen) atoms. The van der Waals surface area contributed by atoms with Crippen LogP contribution in [-0.4, -0.2) is 18.9 Å². The maximum Gasteiger partial charge on any atom is 0.0992 e. The summed E-state index contributed by atoms with van der Waals surface area (Å²) in [5.74, 6) is 1.43. The summed E-state index contributed by atoms with van der Waals surface area (Å²) >= 11 is 0. The molecular weight excluding hydrogens is 947 g/mol. The van der Waals surface area contributed by atoms with Crippen molar-refractivity contribution in [2.45, 2.75) is 53.2 Å². The average Bonchev–Trinajstić information content (AvgIpc) is 4.00. The number of imidazole rings is 1. The first-order valence-electron chi connectivity index (χ1n) is 23.9. The van der Waals surface area contributed by atoms with Crippen LogP contribution in [0.15, 0.2) is 152 Å². The molecule has 0 spiro atoms. The zero-order valence-corrected chi connectivity index (χ0v) is 37.6. The molecule has 309 valence electrons. The van der Waals surface area contributed by atoms with Crippen molar-refractivity contribution in [3.63, 3.8) is 0 Å². The summed E-state index contributed by atoms with van der Waals surface area (Å²) in [5, 5.41) is 14.2. The SMILES string of the molecule is CC(C)c1cc(-c2ccccc2)cc(C(C)C)c1-n1c(-c2[c-]c3c4ccccc4n4c5cc(C#N)ccc5c(c2)c34)nc2ccccc21.[2H]C([2H])([2H])c1c[c-]c(-c2ccc(C([2H])([2H])[2H])cn2)cc1.[Ir]. The van der Waals surface area contributed by atoms with Crippen LogP contribution in [0.1, 0.15) is 75.6 Å². The molecule has 0 aliphatic carbocycles. The molecule has 0 atom stereocenters. The number of aryl methyl sites for hydroxylation is 2. The van der Waals surface area contributed by atoms with Gasteiger partial charge in [-0.25, -0.2) is 0 Å². The van der Waals surface area contributed by atoms with Gasteiger partial charge in [0.2, 0.25) is 0 Å². The standard InChI is InChI=1S/C44H33N4.C13H12N.Ir/c1-26(2)34-21-30(29-12-6-5-7-13-29)22-35(27(3)4)42(34)48-40-17-11-9-15-38(40)46-44(48)31-23-36-32-14-8-10-16-39(32)47-41-20-28(25-45)18-19-33(41)37(24-31)43(36)47;1-10-3-6-12(7-4-10)13-8-5-11(2)9-14-13;/h5-22,24,26-27H,1-4H3;3-6,8-9H,1-2H3;/q2*-1;/i;1D3,2D3;. The van der Waals surface area contributed by atoms with E-state index in [1.807, 2.05) is 12.1 Å². The molecule has 0 aliphatic rings. The van der Waals surface area contributed by atoms with E-state index in [1.54, 1.807) is 12.1 Å². The minimum Gasteiger partial charge on any atom is -0.348 e. The fraction of sp³-hybridized carbons (Fsp3) is 0.140. The largest absolute Gasteiger partial charge is 0.348 e. The third kappa shape index (κ3) is 7.28. The van der Waals surface area contributed by atoms with Crippen LogP contribution in [0.3, 0.4) is 0 Å². The number of fused-ring (bicyclic) bond motifs is 7. The summed E-state index contributed by atoms with van der Waals surface area (Å²) < 4.78 is 48.3. The van der Waals surface area contributed by atoms with Crippen LogP contribution in [0.5, 0.6) is 0 Å². The Morgan fingerprint density at radius 3 is 2.05 bits per heavy atom. The van der Waals surface area contributed by atoms with E-state index in [2.05, 4.69) is 163 Å². The fourth-order valence-corrected chi connectivity index (χ4v) is 8.78. The quantitative estimate of drug-likeness (QED) is 0.156. The number of nitriles is 1. The van der Waals surface area contributed by atoms with Crippen molar-refractivity contribution in [3.05, 3.63) is 192 Å². The first-order chi connectivity index (χ1) is 32.6. The Morgan fingerprint density at radius 2 is 1.37 bits per heavy atom. The van der Waals surface area contributed by atoms with Crippen molar-refractivity contribution >= 4 is 49.1 Å². The van der Waals surface area contributed by atoms with Crippen LogP contribution < -0.4 is 0 Å². The Kier molecular flexibility index (Phi) is 9.22. The molecule has 0 N–H and O–H groups in total. The second-order valence-electron chi connectivity index (χ2n) is 16.4. The summed E-state index contributed by atoms with van der Waals surface area (Å²) in [6.07, 6.45) is 1.30. The van der Waals surface area contributed by atoms with Gasteiger partial charge in [-0.2, -0.15) is 5.26 Å². The molecule has 0 amide bonds. The summed E-state index contributed by atoms with van der Waals surface area (Å²) in [5.41, 5.74) is 14.7. The molecule has 7 aromatic carbocycles. The zero-order chi connectivity index (χ0) is 47.6. The number of para-hydroxylation sites is 3. The number of hydrogen-bond donors (Lipinski definition) is 0. The van der Waals surface area contributed by atoms with Crippen LogP contribution in [-0.2, 0) is 20.1 Å². The van der Waals surface area contributed by atoms with Gasteiger partial charge in [-0.3, -0.25) is 4.98 Å². The fourth-order valence-electron chi connectivity index (χ4n) is 8.78. The molecule has 1 radical (unpaired) electrons. The van der Waals surface area contributed by atoms with E-state index < -0.39 is 13.7 Å². The van der Waals surface area contributed by atoms with Crippen LogP contribution in [0.4, 0.5) is 0 Å². The monoisotopic (exact) mass is 998 g/mol. The third-order valence-corrected chi connectivity index (χ3v) is 11.7. The number of pyridine rings is 1. The molecule has 0 unspecified atom stereocenters. The molecule has 6 heteroatoms. The molecule has 0 aliphatic heterocycles. The topological polar surface area (TPSA) is 58.9 Å². The van der Waals surface area contributed by atoms with Crippen molar-refractivity contribution in [2.24, 2.45) is 0 Å². The molecular formula is C57H45IrN5-2. The summed E-state index contributed by atoms with van der Waals surface area (Å²) in [7, 11) is 0. The van der Waals surface area contributed by atoms with Gasteiger partial charge >= 0.3 is 0 Å². The van der Waals surface area contributed by atoms with Crippen LogP contribution in [0.25, 0.3) is 88.6 Å². The molecule has 4 heterocycles. The third-order valence-electron chi connectivity index (χ3n) is 11.7. The second kappa shape index (κ2) is 16.8. The van der Waals surface area contributed by atoms with Gasteiger partial charge in [0.15, 0.2) is 0 Å². The maximum absolute atomic E-state index is 9.77. The summed E-state index contributed by atoms with van der Waals surface area (Å²) in [4.78, 5) is 9.45. The number of hydrogen-bond acceptors (Lipinski definition) is 3. The Labute approximate surface area is 390 Å². The van der Waals surface area contributed by atoms with Gasteiger partial charge in [-0.1, -0.05) is 135 Å². The van der Waals surface area contributed by atoms with Crippen molar-refractivity contribution in [3.8, 4) is 45.5 Å². The number of benzene rings is 7. The molecule has 0 fully saturated rings. The number of aromatic nitrogens is 4. The molecule has 0 bridgehead atoms. The van der Waals surface area contributed by atoms with E-state index >= 15 is 0 Å². The van der Waals surface area contributed by atoms with Gasteiger partial charge in [0.05, 0.1) is 28.5 Å². The first kappa shape index (κ1) is 34.7. The van der Waals surface area contributed by atoms with Crippen LogP contribution >= 0.6 is 0 Å². The molecule has 0 saturated carbocycles. The number of rotatable bonds is 6. The van der Waals surface area contributed by atoms with E-state index in [4.69, 9.17) is 13.2 Å². The molecule has 5 nitrogen and oxygen atoms in total. The van der Waals surface area contributed by atoms with Crippen LogP contribution in [0.2, 0.25) is 0 Å². The predicted molar refractivity (Wildman–Crippen MR) is 256 cm³/mol. The van der Waals surface area contributed by atoms with Gasteiger partial charge in [-0.05, 0) is 106 Å². The van der Waals surface area contributed by atoms with E-state index in [1.165, 1.54) is 52.3 Å². The van der Waals surface area contributed by atoms with Crippen molar-refractivity contribution < 1.29 is 28.3 Å². The summed E-state index contributed by atoms with van der Waals surface area (Å²) in [6.45, 7) is 4.81. The Balaban J connectivity index is 0.000000238. The predicted octanol–water partition coefficient (Wildman–Crippen LogP) is 14.6. The zero-order valence-electron chi connectivity index (χ0n) is 41.2.